The predicted octanol–water partition coefficient (Wildman–Crippen LogP) is 3.27. The van der Waals surface area contributed by atoms with E-state index in [1.54, 1.807) is 38.1 Å². The van der Waals surface area contributed by atoms with Crippen LogP contribution in [0.1, 0.15) is 31.7 Å². The third-order valence-corrected chi connectivity index (χ3v) is 4.01. The molecule has 0 saturated carbocycles. The van der Waals surface area contributed by atoms with Crippen LogP contribution in [0.5, 0.6) is 0 Å². The molecule has 0 fully saturated rings. The van der Waals surface area contributed by atoms with Crippen molar-refractivity contribution in [2.45, 2.75) is 26.2 Å². The summed E-state index contributed by atoms with van der Waals surface area (Å²) in [4.78, 5) is 23.6. The van der Waals surface area contributed by atoms with Gasteiger partial charge in [-0.2, -0.15) is 5.26 Å². The number of ether oxygens (including phenoxy) is 1. The summed E-state index contributed by atoms with van der Waals surface area (Å²) in [6.07, 6.45) is 0.0459. The van der Waals surface area contributed by atoms with Crippen molar-refractivity contribution in [2.75, 3.05) is 6.61 Å². The van der Waals surface area contributed by atoms with Crippen molar-refractivity contribution >= 4 is 17.6 Å². The highest BCUT2D eigenvalue weighted by atomic mass is 35.5. The zero-order valence-electron chi connectivity index (χ0n) is 13.7. The van der Waals surface area contributed by atoms with Gasteiger partial charge in [0, 0.05) is 10.7 Å². The highest BCUT2D eigenvalue weighted by Crippen LogP contribution is 2.39. The molecule has 1 atom stereocenters. The fourth-order valence-electron chi connectivity index (χ4n) is 2.77. The van der Waals surface area contributed by atoms with Crippen molar-refractivity contribution in [1.82, 2.24) is 5.32 Å². The lowest BCUT2D eigenvalue weighted by atomic mass is 9.84. The topological polar surface area (TPSA) is 105 Å². The SMILES string of the molecule is CC1=C(C(=O)OCCC#N)C(c2cccc(Cl)c2)C([N+](=O)[O-])=C(C)N1. The van der Waals surface area contributed by atoms with Gasteiger partial charge in [0.25, 0.3) is 5.70 Å². The Balaban J connectivity index is 2.54. The Bertz CT molecular complexity index is 823. The van der Waals surface area contributed by atoms with Gasteiger partial charge in [0.2, 0.25) is 0 Å². The van der Waals surface area contributed by atoms with E-state index in [-0.39, 0.29) is 24.3 Å². The standard InChI is InChI=1S/C17H16ClN3O4/c1-10-14(17(22)25-8-4-7-19)15(12-5-3-6-13(18)9-12)16(21(23)24)11(2)20-10/h3,5-6,9,15,20H,4,8H2,1-2H3. The number of nitriles is 1. The van der Waals surface area contributed by atoms with E-state index in [0.29, 0.717) is 22.0 Å². The molecule has 1 heterocycles. The van der Waals surface area contributed by atoms with Crippen molar-refractivity contribution in [3.63, 3.8) is 0 Å². The highest BCUT2D eigenvalue weighted by Gasteiger charge is 2.40. The van der Waals surface area contributed by atoms with Gasteiger partial charge in [-0.1, -0.05) is 23.7 Å². The largest absolute Gasteiger partial charge is 0.461 e. The zero-order valence-corrected chi connectivity index (χ0v) is 14.5. The van der Waals surface area contributed by atoms with E-state index in [9.17, 15) is 14.9 Å². The number of nitro groups is 1. The molecule has 1 N–H and O–H groups in total. The first kappa shape index (κ1) is 18.5. The predicted molar refractivity (Wildman–Crippen MR) is 90.9 cm³/mol. The van der Waals surface area contributed by atoms with Crippen LogP contribution >= 0.6 is 11.6 Å². The van der Waals surface area contributed by atoms with Crippen molar-refractivity contribution in [3.8, 4) is 6.07 Å². The number of nitrogens with one attached hydrogen (secondary N) is 1. The Hall–Kier alpha value is -2.85. The molecule has 8 heteroatoms. The number of hydrogen-bond donors (Lipinski definition) is 1. The molecule has 25 heavy (non-hydrogen) atoms. The van der Waals surface area contributed by atoms with E-state index < -0.39 is 16.8 Å². The average molecular weight is 362 g/mol. The molecule has 2 rings (SSSR count). The third kappa shape index (κ3) is 3.98. The molecule has 130 valence electrons. The Morgan fingerprint density at radius 3 is 2.76 bits per heavy atom. The second kappa shape index (κ2) is 7.81. The molecule has 7 nitrogen and oxygen atoms in total. The van der Waals surface area contributed by atoms with Gasteiger partial charge in [-0.3, -0.25) is 10.1 Å². The molecule has 0 aliphatic carbocycles. The van der Waals surface area contributed by atoms with Crippen molar-refractivity contribution in [1.29, 1.82) is 5.26 Å². The van der Waals surface area contributed by atoms with Crippen LogP contribution in [0, 0.1) is 21.4 Å². The van der Waals surface area contributed by atoms with Crippen molar-refractivity contribution in [3.05, 3.63) is 67.6 Å². The van der Waals surface area contributed by atoms with Gasteiger partial charge >= 0.3 is 5.97 Å². The quantitative estimate of drug-likeness (QED) is 0.373. The van der Waals surface area contributed by atoms with Crippen LogP contribution in [0.15, 0.2) is 46.9 Å². The maximum Gasteiger partial charge on any atom is 0.337 e. The Kier molecular flexibility index (Phi) is 5.78. The molecule has 0 aromatic heterocycles. The number of carbonyl (C=O) groups excluding carboxylic acids is 1. The molecule has 0 bridgehead atoms. The van der Waals surface area contributed by atoms with E-state index in [0.717, 1.165) is 0 Å². The molecular weight excluding hydrogens is 346 g/mol. The van der Waals surface area contributed by atoms with Gasteiger partial charge < -0.3 is 10.1 Å². The number of rotatable bonds is 5. The number of nitrogens with zero attached hydrogens (tertiary/aromatic N) is 2. The fraction of sp³-hybridized carbons (Fsp3) is 0.294. The number of carbonyl (C=O) groups is 1. The Morgan fingerprint density at radius 2 is 2.16 bits per heavy atom. The minimum Gasteiger partial charge on any atom is -0.461 e. The molecule has 1 aromatic rings. The summed E-state index contributed by atoms with van der Waals surface area (Å²) in [5.41, 5.74) is 1.33. The number of allylic oxidation sites excluding steroid dienone is 3. The van der Waals surface area contributed by atoms with Crippen LogP contribution in [0.25, 0.3) is 0 Å². The molecule has 1 aliphatic rings. The second-order valence-electron chi connectivity index (χ2n) is 5.46. The van der Waals surface area contributed by atoms with E-state index in [1.807, 2.05) is 6.07 Å². The summed E-state index contributed by atoms with van der Waals surface area (Å²) in [5, 5.41) is 23.5. The van der Waals surface area contributed by atoms with Crippen LogP contribution in [0.3, 0.4) is 0 Å². The molecular formula is C17H16ClN3O4. The lowest BCUT2D eigenvalue weighted by Crippen LogP contribution is -2.31. The zero-order chi connectivity index (χ0) is 18.6. The third-order valence-electron chi connectivity index (χ3n) is 3.77. The molecule has 0 saturated heterocycles. The fourth-order valence-corrected chi connectivity index (χ4v) is 2.97. The lowest BCUT2D eigenvalue weighted by molar-refractivity contribution is -0.431. The monoisotopic (exact) mass is 361 g/mol. The summed E-state index contributed by atoms with van der Waals surface area (Å²) in [6.45, 7) is 3.15. The van der Waals surface area contributed by atoms with E-state index in [2.05, 4.69) is 5.32 Å². The van der Waals surface area contributed by atoms with Crippen LogP contribution in [-0.4, -0.2) is 17.5 Å². The van der Waals surface area contributed by atoms with E-state index in [1.165, 1.54) is 0 Å². The van der Waals surface area contributed by atoms with Gasteiger partial charge in [0.05, 0.1) is 28.7 Å². The average Bonchev–Trinajstić information content (AvgIpc) is 2.53. The van der Waals surface area contributed by atoms with Crippen molar-refractivity contribution < 1.29 is 14.5 Å². The van der Waals surface area contributed by atoms with Crippen LogP contribution in [-0.2, 0) is 9.53 Å². The molecule has 1 aromatic carbocycles. The Morgan fingerprint density at radius 1 is 1.44 bits per heavy atom. The second-order valence-corrected chi connectivity index (χ2v) is 5.90. The first-order valence-corrected chi connectivity index (χ1v) is 7.87. The van der Waals surface area contributed by atoms with Gasteiger partial charge in [0.15, 0.2) is 0 Å². The first-order chi connectivity index (χ1) is 11.9. The number of halogens is 1. The van der Waals surface area contributed by atoms with E-state index in [4.69, 9.17) is 21.6 Å². The molecule has 0 amide bonds. The maximum absolute atomic E-state index is 12.5. The van der Waals surface area contributed by atoms with Gasteiger partial charge in [-0.05, 0) is 31.5 Å². The van der Waals surface area contributed by atoms with Gasteiger partial charge in [-0.25, -0.2) is 4.79 Å². The minimum absolute atomic E-state index is 0.0459. The lowest BCUT2D eigenvalue weighted by Gasteiger charge is -2.26. The number of dihydropyridines is 1. The smallest absolute Gasteiger partial charge is 0.337 e. The molecule has 1 aliphatic heterocycles. The van der Waals surface area contributed by atoms with Crippen molar-refractivity contribution in [2.24, 2.45) is 0 Å². The number of benzene rings is 1. The minimum atomic E-state index is -0.912. The molecule has 0 radical (unpaired) electrons. The number of esters is 1. The summed E-state index contributed by atoms with van der Waals surface area (Å²) in [6, 6.07) is 8.46. The van der Waals surface area contributed by atoms with Crippen LogP contribution < -0.4 is 5.32 Å². The Labute approximate surface area is 149 Å². The van der Waals surface area contributed by atoms with Crippen LogP contribution in [0.2, 0.25) is 5.02 Å². The number of hydrogen-bond acceptors (Lipinski definition) is 6. The highest BCUT2D eigenvalue weighted by molar-refractivity contribution is 6.30. The van der Waals surface area contributed by atoms with Gasteiger partial charge in [0.1, 0.15) is 12.5 Å². The summed E-state index contributed by atoms with van der Waals surface area (Å²) in [5.74, 6) is -1.61. The summed E-state index contributed by atoms with van der Waals surface area (Å²) >= 11 is 6.02. The van der Waals surface area contributed by atoms with E-state index >= 15 is 0 Å². The summed E-state index contributed by atoms with van der Waals surface area (Å²) in [7, 11) is 0. The maximum atomic E-state index is 12.5. The van der Waals surface area contributed by atoms with Gasteiger partial charge in [-0.15, -0.1) is 0 Å². The van der Waals surface area contributed by atoms with Crippen LogP contribution in [0.4, 0.5) is 0 Å². The first-order valence-electron chi connectivity index (χ1n) is 7.49. The summed E-state index contributed by atoms with van der Waals surface area (Å²) < 4.78 is 5.10. The molecule has 0 spiro atoms. The normalized spacial score (nSPS) is 17.0. The molecule has 1 unspecified atom stereocenters.